The molecule has 1 heterocycles. The maximum atomic E-state index is 11.8. The zero-order valence-electron chi connectivity index (χ0n) is 10.6. The van der Waals surface area contributed by atoms with Crippen molar-refractivity contribution in [3.05, 3.63) is 15.8 Å². The predicted molar refractivity (Wildman–Crippen MR) is 70.4 cm³/mol. The molecule has 7 heteroatoms. The van der Waals surface area contributed by atoms with E-state index in [4.69, 9.17) is 9.88 Å². The van der Waals surface area contributed by atoms with Crippen molar-refractivity contribution in [2.24, 2.45) is 5.14 Å². The molecule has 0 spiro atoms. The van der Waals surface area contributed by atoms with Gasteiger partial charge in [0.25, 0.3) is 0 Å². The molecule has 18 heavy (non-hydrogen) atoms. The van der Waals surface area contributed by atoms with E-state index in [-0.39, 0.29) is 23.0 Å². The van der Waals surface area contributed by atoms with Gasteiger partial charge in [-0.25, -0.2) is 18.4 Å². The number of primary sulfonamides is 1. The van der Waals surface area contributed by atoms with E-state index in [0.29, 0.717) is 11.3 Å². The zero-order valence-corrected chi connectivity index (χ0v) is 12.2. The third-order valence-corrected chi connectivity index (χ3v) is 4.66. The average molecular weight is 291 g/mol. The van der Waals surface area contributed by atoms with Crippen LogP contribution in [-0.4, -0.2) is 21.0 Å². The number of esters is 1. The number of ether oxygens (including phenoxy) is 1. The summed E-state index contributed by atoms with van der Waals surface area (Å²) < 4.78 is 28.1. The molecule has 1 rings (SSSR count). The molecule has 0 aliphatic heterocycles. The number of hydrogen-bond acceptors (Lipinski definition) is 5. The second-order valence-electron chi connectivity index (χ2n) is 4.18. The van der Waals surface area contributed by atoms with E-state index < -0.39 is 16.0 Å². The third-order valence-electron chi connectivity index (χ3n) is 2.24. The lowest BCUT2D eigenvalue weighted by Gasteiger charge is -2.07. The summed E-state index contributed by atoms with van der Waals surface area (Å²) in [5, 5.41) is 6.67. The number of nitrogens with two attached hydrogens (primary N) is 1. The maximum absolute atomic E-state index is 11.8. The summed E-state index contributed by atoms with van der Waals surface area (Å²) in [5.41, 5.74) is 0.0413. The second-order valence-corrected chi connectivity index (χ2v) is 6.59. The Bertz CT molecular complexity index is 531. The Morgan fingerprint density at radius 3 is 2.56 bits per heavy atom. The van der Waals surface area contributed by atoms with Gasteiger partial charge in [-0.2, -0.15) is 0 Å². The normalized spacial score (nSPS) is 11.8. The number of sulfonamides is 1. The standard InChI is InChI=1S/C11H17NO4S2/c1-4-5-16-11(13)8-6-17-9(7(2)3)10(8)18(12,14)15/h6-7H,4-5H2,1-3H3,(H2,12,14,15). The van der Waals surface area contributed by atoms with Crippen LogP contribution >= 0.6 is 11.3 Å². The van der Waals surface area contributed by atoms with Crippen LogP contribution in [0, 0.1) is 0 Å². The SMILES string of the molecule is CCCOC(=O)c1csc(C(C)C)c1S(N)(=O)=O. The predicted octanol–water partition coefficient (Wildman–Crippen LogP) is 2.09. The molecule has 102 valence electrons. The summed E-state index contributed by atoms with van der Waals surface area (Å²) in [7, 11) is -3.93. The molecule has 0 radical (unpaired) electrons. The third kappa shape index (κ3) is 3.30. The summed E-state index contributed by atoms with van der Waals surface area (Å²) in [6.45, 7) is 5.82. The van der Waals surface area contributed by atoms with Gasteiger partial charge in [0.05, 0.1) is 12.2 Å². The van der Waals surface area contributed by atoms with Gasteiger partial charge in [0.15, 0.2) is 0 Å². The van der Waals surface area contributed by atoms with Gasteiger partial charge in [0, 0.05) is 10.3 Å². The Hall–Kier alpha value is -0.920. The summed E-state index contributed by atoms with van der Waals surface area (Å²) in [4.78, 5) is 12.3. The van der Waals surface area contributed by atoms with Crippen LogP contribution in [0.15, 0.2) is 10.3 Å². The van der Waals surface area contributed by atoms with Gasteiger partial charge in [-0.3, -0.25) is 0 Å². The molecular formula is C11H17NO4S2. The first kappa shape index (κ1) is 15.1. The van der Waals surface area contributed by atoms with Crippen LogP contribution in [0.2, 0.25) is 0 Å². The van der Waals surface area contributed by atoms with Crippen molar-refractivity contribution in [2.45, 2.75) is 38.0 Å². The fourth-order valence-corrected chi connectivity index (χ4v) is 3.95. The van der Waals surface area contributed by atoms with Crippen LogP contribution in [0.3, 0.4) is 0 Å². The van der Waals surface area contributed by atoms with Gasteiger partial charge >= 0.3 is 5.97 Å². The largest absolute Gasteiger partial charge is 0.462 e. The van der Waals surface area contributed by atoms with Gasteiger partial charge in [-0.1, -0.05) is 20.8 Å². The lowest BCUT2D eigenvalue weighted by atomic mass is 10.1. The smallest absolute Gasteiger partial charge is 0.340 e. The molecule has 2 N–H and O–H groups in total. The Kier molecular flexibility index (Phi) is 4.89. The van der Waals surface area contributed by atoms with E-state index in [1.165, 1.54) is 16.7 Å². The molecule has 0 aliphatic rings. The van der Waals surface area contributed by atoms with Gasteiger partial charge in [0.1, 0.15) is 4.90 Å². The lowest BCUT2D eigenvalue weighted by Crippen LogP contribution is -2.18. The molecule has 0 aromatic carbocycles. The summed E-state index contributed by atoms with van der Waals surface area (Å²) >= 11 is 1.21. The van der Waals surface area contributed by atoms with Crippen molar-refractivity contribution >= 4 is 27.3 Å². The van der Waals surface area contributed by atoms with Gasteiger partial charge in [-0.15, -0.1) is 11.3 Å². The van der Waals surface area contributed by atoms with Crippen molar-refractivity contribution in [3.8, 4) is 0 Å². The Labute approximate surface area is 111 Å². The second kappa shape index (κ2) is 5.81. The molecule has 1 aromatic heterocycles. The number of thiophene rings is 1. The fourth-order valence-electron chi connectivity index (χ4n) is 1.47. The molecule has 0 amide bonds. The fraction of sp³-hybridized carbons (Fsp3) is 0.545. The molecule has 5 nitrogen and oxygen atoms in total. The highest BCUT2D eigenvalue weighted by molar-refractivity contribution is 7.89. The van der Waals surface area contributed by atoms with Crippen molar-refractivity contribution in [1.82, 2.24) is 0 Å². The van der Waals surface area contributed by atoms with Crippen molar-refractivity contribution in [1.29, 1.82) is 0 Å². The topological polar surface area (TPSA) is 86.5 Å². The van der Waals surface area contributed by atoms with E-state index in [1.807, 2.05) is 20.8 Å². The average Bonchev–Trinajstić information content (AvgIpc) is 2.69. The molecule has 0 fully saturated rings. The van der Waals surface area contributed by atoms with Crippen LogP contribution in [0.1, 0.15) is 48.3 Å². The van der Waals surface area contributed by atoms with Crippen LogP contribution in [-0.2, 0) is 14.8 Å². The molecular weight excluding hydrogens is 274 g/mol. The number of rotatable bonds is 5. The van der Waals surface area contributed by atoms with E-state index >= 15 is 0 Å². The summed E-state index contributed by atoms with van der Waals surface area (Å²) in [6, 6.07) is 0. The highest BCUT2D eigenvalue weighted by Gasteiger charge is 2.27. The van der Waals surface area contributed by atoms with E-state index in [9.17, 15) is 13.2 Å². The lowest BCUT2D eigenvalue weighted by molar-refractivity contribution is 0.0501. The van der Waals surface area contributed by atoms with E-state index in [1.54, 1.807) is 0 Å². The van der Waals surface area contributed by atoms with E-state index in [2.05, 4.69) is 0 Å². The molecule has 0 unspecified atom stereocenters. The van der Waals surface area contributed by atoms with Gasteiger partial charge in [-0.05, 0) is 12.3 Å². The quantitative estimate of drug-likeness (QED) is 0.841. The van der Waals surface area contributed by atoms with Gasteiger partial charge < -0.3 is 4.74 Å². The van der Waals surface area contributed by atoms with Crippen molar-refractivity contribution in [2.75, 3.05) is 6.61 Å². The van der Waals surface area contributed by atoms with Crippen LogP contribution in [0.25, 0.3) is 0 Å². The van der Waals surface area contributed by atoms with Crippen LogP contribution in [0.5, 0.6) is 0 Å². The minimum Gasteiger partial charge on any atom is -0.462 e. The van der Waals surface area contributed by atoms with Crippen molar-refractivity contribution in [3.63, 3.8) is 0 Å². The first-order valence-electron chi connectivity index (χ1n) is 5.60. The monoisotopic (exact) mass is 291 g/mol. The van der Waals surface area contributed by atoms with E-state index in [0.717, 1.165) is 0 Å². The number of carbonyl (C=O) groups is 1. The first-order chi connectivity index (χ1) is 8.29. The van der Waals surface area contributed by atoms with Gasteiger partial charge in [0.2, 0.25) is 10.0 Å². The van der Waals surface area contributed by atoms with Crippen molar-refractivity contribution < 1.29 is 17.9 Å². The summed E-state index contributed by atoms with van der Waals surface area (Å²) in [6.07, 6.45) is 0.678. The number of hydrogen-bond donors (Lipinski definition) is 1. The zero-order chi connectivity index (χ0) is 13.9. The molecule has 0 atom stereocenters. The maximum Gasteiger partial charge on any atom is 0.340 e. The Morgan fingerprint density at radius 1 is 1.50 bits per heavy atom. The van der Waals surface area contributed by atoms with Crippen LogP contribution in [0.4, 0.5) is 0 Å². The molecule has 0 saturated carbocycles. The summed E-state index contributed by atoms with van der Waals surface area (Å²) in [5.74, 6) is -0.653. The van der Waals surface area contributed by atoms with Crippen LogP contribution < -0.4 is 5.14 Å². The Morgan fingerprint density at radius 2 is 2.11 bits per heavy atom. The Balaban J connectivity index is 3.26. The first-order valence-corrected chi connectivity index (χ1v) is 8.03. The molecule has 0 bridgehead atoms. The highest BCUT2D eigenvalue weighted by Crippen LogP contribution is 2.32. The highest BCUT2D eigenvalue weighted by atomic mass is 32.2. The molecule has 1 aromatic rings. The number of carbonyl (C=O) groups excluding carboxylic acids is 1. The minimum absolute atomic E-state index is 0.0175. The molecule has 0 saturated heterocycles. The molecule has 0 aliphatic carbocycles. The minimum atomic E-state index is -3.93.